The van der Waals surface area contributed by atoms with Crippen LogP contribution in [0.2, 0.25) is 0 Å². The van der Waals surface area contributed by atoms with Gasteiger partial charge in [0.2, 0.25) is 5.82 Å². The lowest BCUT2D eigenvalue weighted by Gasteiger charge is -2.08. The van der Waals surface area contributed by atoms with Crippen LogP contribution in [0.25, 0.3) is 5.69 Å². The van der Waals surface area contributed by atoms with Gasteiger partial charge in [0.1, 0.15) is 0 Å². The highest BCUT2D eigenvalue weighted by Gasteiger charge is 2.10. The number of hydrogen-bond donors (Lipinski definition) is 1. The van der Waals surface area contributed by atoms with Gasteiger partial charge in [-0.1, -0.05) is 0 Å². The molecule has 122 valence electrons. The predicted molar refractivity (Wildman–Crippen MR) is 89.6 cm³/mol. The van der Waals surface area contributed by atoms with Gasteiger partial charge in [-0.15, -0.1) is 0 Å². The molecule has 0 radical (unpaired) electrons. The van der Waals surface area contributed by atoms with E-state index in [0.29, 0.717) is 11.4 Å². The predicted octanol–water partition coefficient (Wildman–Crippen LogP) is 2.54. The van der Waals surface area contributed by atoms with Gasteiger partial charge in [-0.2, -0.15) is 0 Å². The number of carbonyl (C=O) groups is 1. The van der Waals surface area contributed by atoms with E-state index in [0.717, 1.165) is 17.1 Å². The van der Waals surface area contributed by atoms with Crippen LogP contribution >= 0.6 is 0 Å². The fraction of sp³-hybridized carbons (Fsp3) is 0.176. The Morgan fingerprint density at radius 1 is 1.08 bits per heavy atom. The van der Waals surface area contributed by atoms with Gasteiger partial charge in [-0.25, -0.2) is 15.0 Å². The molecule has 0 bridgehead atoms. The lowest BCUT2D eigenvalue weighted by atomic mass is 10.2. The molecule has 7 heteroatoms. The zero-order valence-corrected chi connectivity index (χ0v) is 13.6. The number of benzene rings is 1. The number of nitrogens with one attached hydrogen (secondary N) is 1. The Morgan fingerprint density at radius 2 is 1.75 bits per heavy atom. The summed E-state index contributed by atoms with van der Waals surface area (Å²) in [5.74, 6) is 0.211. The Hall–Kier alpha value is -3.22. The minimum Gasteiger partial charge on any atom is -0.494 e. The Morgan fingerprint density at radius 3 is 2.29 bits per heavy atom. The molecule has 2 heterocycles. The van der Waals surface area contributed by atoms with E-state index in [1.807, 2.05) is 42.7 Å². The van der Waals surface area contributed by atoms with Gasteiger partial charge in [0.25, 0.3) is 5.91 Å². The molecule has 24 heavy (non-hydrogen) atoms. The molecule has 0 aliphatic carbocycles. The van der Waals surface area contributed by atoms with Crippen molar-refractivity contribution >= 4 is 11.6 Å². The first-order chi connectivity index (χ1) is 11.6. The third kappa shape index (κ3) is 3.10. The SMILES string of the molecule is COc1cnc(C(=O)Nc2ccc(-n3cnc(C)c3C)cc2)nc1. The molecule has 3 aromatic rings. The zero-order valence-electron chi connectivity index (χ0n) is 13.6. The van der Waals surface area contributed by atoms with Gasteiger partial charge < -0.3 is 14.6 Å². The summed E-state index contributed by atoms with van der Waals surface area (Å²) < 4.78 is 6.96. The molecule has 3 rings (SSSR count). The first-order valence-corrected chi connectivity index (χ1v) is 7.37. The van der Waals surface area contributed by atoms with Crippen LogP contribution in [-0.2, 0) is 0 Å². The van der Waals surface area contributed by atoms with E-state index >= 15 is 0 Å². The summed E-state index contributed by atoms with van der Waals surface area (Å²) in [6, 6.07) is 7.48. The van der Waals surface area contributed by atoms with Crippen LogP contribution in [0.1, 0.15) is 22.0 Å². The summed E-state index contributed by atoms with van der Waals surface area (Å²) in [7, 11) is 1.52. The first-order valence-electron chi connectivity index (χ1n) is 7.37. The van der Waals surface area contributed by atoms with Gasteiger partial charge in [-0.3, -0.25) is 4.79 Å². The number of ether oxygens (including phenoxy) is 1. The third-order valence-corrected chi connectivity index (χ3v) is 3.72. The molecule has 1 aromatic carbocycles. The second-order valence-corrected chi connectivity index (χ2v) is 5.23. The van der Waals surface area contributed by atoms with E-state index in [1.54, 1.807) is 6.33 Å². The molecule has 2 aromatic heterocycles. The molecular formula is C17H17N5O2. The Balaban J connectivity index is 1.73. The lowest BCUT2D eigenvalue weighted by Crippen LogP contribution is -2.15. The number of anilines is 1. The molecule has 0 saturated carbocycles. The maximum Gasteiger partial charge on any atom is 0.293 e. The first kappa shape index (κ1) is 15.7. The summed E-state index contributed by atoms with van der Waals surface area (Å²) in [5.41, 5.74) is 3.71. The van der Waals surface area contributed by atoms with Crippen LogP contribution < -0.4 is 10.1 Å². The van der Waals surface area contributed by atoms with Crippen molar-refractivity contribution in [3.63, 3.8) is 0 Å². The number of methoxy groups -OCH3 is 1. The van der Waals surface area contributed by atoms with Gasteiger partial charge in [0.15, 0.2) is 5.75 Å². The van der Waals surface area contributed by atoms with Crippen LogP contribution in [0, 0.1) is 13.8 Å². The van der Waals surface area contributed by atoms with Crippen LogP contribution in [0.5, 0.6) is 5.75 Å². The number of imidazole rings is 1. The van der Waals surface area contributed by atoms with Gasteiger partial charge in [0, 0.05) is 17.1 Å². The second-order valence-electron chi connectivity index (χ2n) is 5.23. The monoisotopic (exact) mass is 323 g/mol. The number of nitrogens with zero attached hydrogens (tertiary/aromatic N) is 4. The average molecular weight is 323 g/mol. The van der Waals surface area contributed by atoms with Crippen LogP contribution in [0.4, 0.5) is 5.69 Å². The van der Waals surface area contributed by atoms with Crippen molar-refractivity contribution in [2.75, 3.05) is 12.4 Å². The molecule has 0 unspecified atom stereocenters. The van der Waals surface area contributed by atoms with Crippen molar-refractivity contribution in [1.82, 2.24) is 19.5 Å². The summed E-state index contributed by atoms with van der Waals surface area (Å²) in [6.07, 6.45) is 4.69. The summed E-state index contributed by atoms with van der Waals surface area (Å²) in [5, 5.41) is 2.76. The molecular weight excluding hydrogens is 306 g/mol. The van der Waals surface area contributed by atoms with E-state index in [9.17, 15) is 4.79 Å². The minimum absolute atomic E-state index is 0.0842. The Kier molecular flexibility index (Phi) is 4.24. The molecule has 0 aliphatic rings. The van der Waals surface area contributed by atoms with E-state index in [-0.39, 0.29) is 11.7 Å². The number of aromatic nitrogens is 4. The van der Waals surface area contributed by atoms with Crippen molar-refractivity contribution in [2.45, 2.75) is 13.8 Å². The van der Waals surface area contributed by atoms with Crippen molar-refractivity contribution < 1.29 is 9.53 Å². The molecule has 1 amide bonds. The highest BCUT2D eigenvalue weighted by molar-refractivity contribution is 6.01. The Labute approximate surface area is 139 Å². The highest BCUT2D eigenvalue weighted by atomic mass is 16.5. The zero-order chi connectivity index (χ0) is 17.1. The smallest absolute Gasteiger partial charge is 0.293 e. The molecule has 0 saturated heterocycles. The van der Waals surface area contributed by atoms with E-state index in [2.05, 4.69) is 20.3 Å². The molecule has 7 nitrogen and oxygen atoms in total. The number of rotatable bonds is 4. The van der Waals surface area contributed by atoms with Crippen molar-refractivity contribution in [3.05, 3.63) is 60.2 Å². The Bertz CT molecular complexity index is 854. The van der Waals surface area contributed by atoms with E-state index in [4.69, 9.17) is 4.74 Å². The van der Waals surface area contributed by atoms with Crippen LogP contribution in [0.3, 0.4) is 0 Å². The number of aryl methyl sites for hydroxylation is 1. The topological polar surface area (TPSA) is 81.9 Å². The normalized spacial score (nSPS) is 10.5. The summed E-state index contributed by atoms with van der Waals surface area (Å²) in [4.78, 5) is 24.3. The fourth-order valence-electron chi connectivity index (χ4n) is 2.19. The van der Waals surface area contributed by atoms with Gasteiger partial charge in [0.05, 0.1) is 31.5 Å². The largest absolute Gasteiger partial charge is 0.494 e. The third-order valence-electron chi connectivity index (χ3n) is 3.72. The number of hydrogen-bond acceptors (Lipinski definition) is 5. The van der Waals surface area contributed by atoms with Gasteiger partial charge >= 0.3 is 0 Å². The van der Waals surface area contributed by atoms with E-state index < -0.39 is 0 Å². The highest BCUT2D eigenvalue weighted by Crippen LogP contribution is 2.17. The standard InChI is InChI=1S/C17H17N5O2/c1-11-12(2)22(10-20-11)14-6-4-13(5-7-14)21-17(23)16-18-8-15(24-3)9-19-16/h4-10H,1-3H3,(H,21,23). The quantitative estimate of drug-likeness (QED) is 0.798. The maximum absolute atomic E-state index is 12.1. The lowest BCUT2D eigenvalue weighted by molar-refractivity contribution is 0.101. The fourth-order valence-corrected chi connectivity index (χ4v) is 2.19. The average Bonchev–Trinajstić information content (AvgIpc) is 2.95. The van der Waals surface area contributed by atoms with Crippen molar-refractivity contribution in [3.8, 4) is 11.4 Å². The number of amides is 1. The summed E-state index contributed by atoms with van der Waals surface area (Å²) in [6.45, 7) is 3.98. The van der Waals surface area contributed by atoms with Crippen LogP contribution in [0.15, 0.2) is 43.0 Å². The van der Waals surface area contributed by atoms with Crippen molar-refractivity contribution in [1.29, 1.82) is 0 Å². The summed E-state index contributed by atoms with van der Waals surface area (Å²) >= 11 is 0. The minimum atomic E-state index is -0.375. The van der Waals surface area contributed by atoms with Gasteiger partial charge in [-0.05, 0) is 38.1 Å². The van der Waals surface area contributed by atoms with E-state index in [1.165, 1.54) is 19.5 Å². The molecule has 1 N–H and O–H groups in total. The molecule has 0 aliphatic heterocycles. The molecule has 0 spiro atoms. The second kappa shape index (κ2) is 6.49. The molecule has 0 atom stereocenters. The maximum atomic E-state index is 12.1. The number of carbonyl (C=O) groups excluding carboxylic acids is 1. The van der Waals surface area contributed by atoms with Crippen molar-refractivity contribution in [2.24, 2.45) is 0 Å². The van der Waals surface area contributed by atoms with Crippen LogP contribution in [-0.4, -0.2) is 32.5 Å². The molecule has 0 fully saturated rings.